The normalized spacial score (nSPS) is 29.2. The van der Waals surface area contributed by atoms with E-state index in [1.54, 1.807) is 18.2 Å². The highest BCUT2D eigenvalue weighted by molar-refractivity contribution is 5.83. The molecule has 5 N–H and O–H groups in total. The van der Waals surface area contributed by atoms with Gasteiger partial charge in [-0.3, -0.25) is 4.79 Å². The number of phenolic OH excluding ortho intramolecular Hbond substituents is 1. The molecular weight excluding hydrogens is 472 g/mol. The molecule has 1 unspecified atom stereocenters. The van der Waals surface area contributed by atoms with Gasteiger partial charge in [0.1, 0.15) is 30.5 Å². The molecule has 2 aromatic rings. The zero-order valence-electron chi connectivity index (χ0n) is 19.9. The number of hydrogen-bond donors (Lipinski definition) is 5. The number of aromatic hydroxyl groups is 1. The van der Waals surface area contributed by atoms with Gasteiger partial charge in [-0.15, -0.1) is 0 Å². The SMILES string of the molecule is COc1cc2ccc1Oc1cc(ccc1O)CC(O[C@@H]1O[C@H](CO)[C@@H](O)[C@H](O)[C@H]1O)C(=O)CCCC2. The Morgan fingerprint density at radius 1 is 0.944 bits per heavy atom. The van der Waals surface area contributed by atoms with Crippen LogP contribution in [-0.2, 0) is 27.1 Å². The third-order valence-corrected chi connectivity index (χ3v) is 6.54. The van der Waals surface area contributed by atoms with E-state index in [4.69, 9.17) is 18.9 Å². The number of aliphatic hydroxyl groups excluding tert-OH is 4. The van der Waals surface area contributed by atoms with E-state index >= 15 is 0 Å². The zero-order chi connectivity index (χ0) is 25.8. The molecule has 5 rings (SSSR count). The standard InChI is InChI=1S/C26H32O10/c1-33-21-10-14-4-2-3-5-16(28)20(35-26-25(32)24(31)23(30)22(13-27)36-26)12-15-6-8-17(29)19(11-15)34-18(21)9-7-14/h6-11,20,22-27,29-32H,2-5,12-13H2,1H3/t20?,22-,23-,24+,25-,26-/m1/s1. The van der Waals surface area contributed by atoms with Crippen molar-refractivity contribution < 1.29 is 49.3 Å². The number of ether oxygens (including phenoxy) is 4. The number of carbonyl (C=O) groups is 1. The van der Waals surface area contributed by atoms with Gasteiger partial charge in [0.15, 0.2) is 35.1 Å². The number of rotatable bonds is 4. The summed E-state index contributed by atoms with van der Waals surface area (Å²) in [5.74, 6) is 0.768. The highest BCUT2D eigenvalue weighted by atomic mass is 16.7. The Labute approximate surface area is 208 Å². The van der Waals surface area contributed by atoms with Gasteiger partial charge in [-0.05, 0) is 54.7 Å². The lowest BCUT2D eigenvalue weighted by Gasteiger charge is -2.40. The number of carbonyl (C=O) groups excluding carboxylic acids is 1. The largest absolute Gasteiger partial charge is 0.504 e. The molecule has 1 saturated heterocycles. The van der Waals surface area contributed by atoms with Crippen LogP contribution in [0, 0.1) is 0 Å². The van der Waals surface area contributed by atoms with Crippen molar-refractivity contribution in [3.8, 4) is 23.0 Å². The van der Waals surface area contributed by atoms with Crippen molar-refractivity contribution >= 4 is 5.78 Å². The molecule has 0 spiro atoms. The molecule has 0 saturated carbocycles. The Kier molecular flexibility index (Phi) is 8.45. The maximum atomic E-state index is 13.2. The second-order valence-electron chi connectivity index (χ2n) is 9.09. The van der Waals surface area contributed by atoms with Crippen LogP contribution in [0.3, 0.4) is 0 Å². The highest BCUT2D eigenvalue weighted by Crippen LogP contribution is 2.38. The fraction of sp³-hybridized carbons (Fsp3) is 0.500. The summed E-state index contributed by atoms with van der Waals surface area (Å²) in [4.78, 5) is 13.2. The second kappa shape index (κ2) is 11.5. The van der Waals surface area contributed by atoms with Crippen LogP contribution < -0.4 is 9.47 Å². The van der Waals surface area contributed by atoms with Crippen LogP contribution in [0.1, 0.15) is 30.4 Å². The lowest BCUT2D eigenvalue weighted by atomic mass is 9.97. The minimum absolute atomic E-state index is 0.0695. The molecule has 1 fully saturated rings. The van der Waals surface area contributed by atoms with Gasteiger partial charge >= 0.3 is 0 Å². The molecule has 10 heteroatoms. The van der Waals surface area contributed by atoms with Crippen LogP contribution in [0.4, 0.5) is 0 Å². The number of phenols is 1. The first-order valence-electron chi connectivity index (χ1n) is 12.0. The molecular formula is C26H32O10. The molecule has 0 aliphatic carbocycles. The van der Waals surface area contributed by atoms with Crippen molar-refractivity contribution in [1.82, 2.24) is 0 Å². The Morgan fingerprint density at radius 3 is 2.44 bits per heavy atom. The van der Waals surface area contributed by atoms with Gasteiger partial charge in [-0.2, -0.15) is 0 Å². The van der Waals surface area contributed by atoms with E-state index in [0.717, 1.165) is 12.0 Å². The van der Waals surface area contributed by atoms with Crippen molar-refractivity contribution in [3.05, 3.63) is 47.5 Å². The molecule has 4 bridgehead atoms. The molecule has 36 heavy (non-hydrogen) atoms. The van der Waals surface area contributed by atoms with E-state index in [1.165, 1.54) is 13.2 Å². The average molecular weight is 505 g/mol. The monoisotopic (exact) mass is 504 g/mol. The number of methoxy groups -OCH3 is 1. The third-order valence-electron chi connectivity index (χ3n) is 6.54. The Hall–Kier alpha value is -2.73. The maximum absolute atomic E-state index is 13.2. The maximum Gasteiger partial charge on any atom is 0.187 e. The third kappa shape index (κ3) is 5.80. The molecule has 10 nitrogen and oxygen atoms in total. The zero-order valence-corrected chi connectivity index (χ0v) is 19.9. The van der Waals surface area contributed by atoms with Crippen LogP contribution in [0.25, 0.3) is 0 Å². The smallest absolute Gasteiger partial charge is 0.187 e. The highest BCUT2D eigenvalue weighted by Gasteiger charge is 2.45. The predicted octanol–water partition coefficient (Wildman–Crippen LogP) is 1.22. The minimum Gasteiger partial charge on any atom is -0.504 e. The first-order chi connectivity index (χ1) is 17.3. The number of ketones is 1. The van der Waals surface area contributed by atoms with Crippen molar-refractivity contribution in [2.75, 3.05) is 13.7 Å². The topological polar surface area (TPSA) is 155 Å². The molecule has 0 radical (unpaired) electrons. The second-order valence-corrected chi connectivity index (χ2v) is 9.09. The summed E-state index contributed by atoms with van der Waals surface area (Å²) in [5.41, 5.74) is 1.62. The van der Waals surface area contributed by atoms with Crippen molar-refractivity contribution in [2.24, 2.45) is 0 Å². The van der Waals surface area contributed by atoms with Gasteiger partial charge in [0.2, 0.25) is 0 Å². The van der Waals surface area contributed by atoms with Gasteiger partial charge in [0.05, 0.1) is 13.7 Å². The lowest BCUT2D eigenvalue weighted by molar-refractivity contribution is -0.308. The Bertz CT molecular complexity index is 1060. The van der Waals surface area contributed by atoms with E-state index in [2.05, 4.69) is 0 Å². The first kappa shape index (κ1) is 26.3. The number of aryl methyl sites for hydroxylation is 1. The molecule has 3 heterocycles. The van der Waals surface area contributed by atoms with Crippen LogP contribution in [0.15, 0.2) is 36.4 Å². The number of aliphatic hydroxyl groups is 4. The Balaban J connectivity index is 1.62. The van der Waals surface area contributed by atoms with Crippen LogP contribution in [0.2, 0.25) is 0 Å². The lowest BCUT2D eigenvalue weighted by Crippen LogP contribution is -2.60. The quantitative estimate of drug-likeness (QED) is 0.410. The van der Waals surface area contributed by atoms with Gasteiger partial charge < -0.3 is 44.5 Å². The van der Waals surface area contributed by atoms with Crippen LogP contribution in [-0.4, -0.2) is 81.8 Å². The number of benzene rings is 2. The fourth-order valence-electron chi connectivity index (χ4n) is 4.42. The Morgan fingerprint density at radius 2 is 1.69 bits per heavy atom. The van der Waals surface area contributed by atoms with Crippen molar-refractivity contribution in [2.45, 2.75) is 68.9 Å². The number of fused-ring (bicyclic) bond motifs is 8. The van der Waals surface area contributed by atoms with E-state index in [-0.39, 0.29) is 30.1 Å². The summed E-state index contributed by atoms with van der Waals surface area (Å²) < 4.78 is 22.7. The average Bonchev–Trinajstić information content (AvgIpc) is 2.88. The van der Waals surface area contributed by atoms with Crippen LogP contribution >= 0.6 is 0 Å². The summed E-state index contributed by atoms with van der Waals surface area (Å²) in [6, 6.07) is 10.2. The fourth-order valence-corrected chi connectivity index (χ4v) is 4.42. The van der Waals surface area contributed by atoms with Gasteiger partial charge in [-0.1, -0.05) is 12.1 Å². The van der Waals surface area contributed by atoms with E-state index in [9.17, 15) is 30.3 Å². The summed E-state index contributed by atoms with van der Waals surface area (Å²) in [5, 5.41) is 50.4. The minimum atomic E-state index is -1.63. The molecule has 0 amide bonds. The van der Waals surface area contributed by atoms with E-state index in [0.29, 0.717) is 29.9 Å². The molecule has 3 aliphatic heterocycles. The van der Waals surface area contributed by atoms with Crippen molar-refractivity contribution in [3.63, 3.8) is 0 Å². The van der Waals surface area contributed by atoms with Gasteiger partial charge in [0, 0.05) is 12.8 Å². The molecule has 3 aliphatic rings. The summed E-state index contributed by atoms with van der Waals surface area (Å²) in [6.45, 7) is -0.606. The summed E-state index contributed by atoms with van der Waals surface area (Å²) >= 11 is 0. The molecule has 196 valence electrons. The molecule has 2 aromatic carbocycles. The van der Waals surface area contributed by atoms with E-state index in [1.807, 2.05) is 12.1 Å². The number of Topliss-reactive ketones (excluding diaryl/α,β-unsaturated/α-hetero) is 1. The molecule has 6 atom stereocenters. The summed E-state index contributed by atoms with van der Waals surface area (Å²) in [6.07, 6.45) is -6.12. The van der Waals surface area contributed by atoms with Gasteiger partial charge in [-0.25, -0.2) is 0 Å². The number of hydrogen-bond acceptors (Lipinski definition) is 10. The van der Waals surface area contributed by atoms with E-state index < -0.39 is 43.4 Å². The van der Waals surface area contributed by atoms with Crippen molar-refractivity contribution in [1.29, 1.82) is 0 Å². The molecule has 0 aromatic heterocycles. The predicted molar refractivity (Wildman–Crippen MR) is 126 cm³/mol. The first-order valence-corrected chi connectivity index (χ1v) is 12.0. The van der Waals surface area contributed by atoms with Gasteiger partial charge in [0.25, 0.3) is 0 Å². The summed E-state index contributed by atoms with van der Waals surface area (Å²) in [7, 11) is 1.54. The van der Waals surface area contributed by atoms with Crippen LogP contribution in [0.5, 0.6) is 23.0 Å².